The van der Waals surface area contributed by atoms with E-state index in [1.165, 1.54) is 33.4 Å². The van der Waals surface area contributed by atoms with Gasteiger partial charge in [0.15, 0.2) is 0 Å². The van der Waals surface area contributed by atoms with Gasteiger partial charge in [-0.15, -0.1) is 0 Å². The lowest BCUT2D eigenvalue weighted by atomic mass is 9.93. The smallest absolute Gasteiger partial charge is 0.00266 e. The number of hydrogen-bond acceptors (Lipinski definition) is 0. The summed E-state index contributed by atoms with van der Waals surface area (Å²) in [4.78, 5) is 0. The molecule has 0 aromatic heterocycles. The third-order valence-electron chi connectivity index (χ3n) is 4.02. The molecule has 0 nitrogen and oxygen atoms in total. The van der Waals surface area contributed by atoms with Gasteiger partial charge in [0.2, 0.25) is 0 Å². The van der Waals surface area contributed by atoms with E-state index in [-0.39, 0.29) is 5.92 Å². The van der Waals surface area contributed by atoms with E-state index in [2.05, 4.69) is 79.8 Å². The number of rotatable bonds is 0. The van der Waals surface area contributed by atoms with Crippen molar-refractivity contribution < 1.29 is 0 Å². The molecule has 0 saturated carbocycles. The highest BCUT2D eigenvalue weighted by molar-refractivity contribution is 6.03. The monoisotopic (exact) mass is 255 g/mol. The SMILES string of the molecule is [CH2]C1C=CC(=C2c3ccccc3-c3ccccc32)C=C1. The Bertz CT molecular complexity index is 709. The Morgan fingerprint density at radius 1 is 0.650 bits per heavy atom. The highest BCUT2D eigenvalue weighted by atomic mass is 14.3. The molecule has 0 N–H and O–H groups in total. The predicted molar refractivity (Wildman–Crippen MR) is 85.0 cm³/mol. The van der Waals surface area contributed by atoms with Crippen molar-refractivity contribution in [3.63, 3.8) is 0 Å². The zero-order valence-electron chi connectivity index (χ0n) is 11.2. The predicted octanol–water partition coefficient (Wildman–Crippen LogP) is 5.05. The van der Waals surface area contributed by atoms with Gasteiger partial charge in [0, 0.05) is 0 Å². The van der Waals surface area contributed by atoms with Crippen LogP contribution in [0.4, 0.5) is 0 Å². The van der Waals surface area contributed by atoms with Crippen molar-refractivity contribution in [3.05, 3.63) is 96.5 Å². The molecule has 0 fully saturated rings. The van der Waals surface area contributed by atoms with E-state index in [0.717, 1.165) is 0 Å². The first-order valence-corrected chi connectivity index (χ1v) is 6.97. The molecule has 2 aliphatic rings. The summed E-state index contributed by atoms with van der Waals surface area (Å²) in [5, 5.41) is 0. The molecule has 4 rings (SSSR count). The molecule has 0 saturated heterocycles. The molecule has 20 heavy (non-hydrogen) atoms. The fourth-order valence-corrected chi connectivity index (χ4v) is 3.07. The molecule has 0 spiro atoms. The second-order valence-electron chi connectivity index (χ2n) is 5.30. The summed E-state index contributed by atoms with van der Waals surface area (Å²) in [5.74, 6) is 0.284. The van der Waals surface area contributed by atoms with E-state index in [9.17, 15) is 0 Å². The van der Waals surface area contributed by atoms with Crippen LogP contribution in [0.15, 0.2) is 78.4 Å². The Morgan fingerprint density at radius 3 is 1.60 bits per heavy atom. The molecule has 2 aromatic carbocycles. The Morgan fingerprint density at radius 2 is 1.10 bits per heavy atom. The summed E-state index contributed by atoms with van der Waals surface area (Å²) in [6.07, 6.45) is 8.72. The number of allylic oxidation sites excluding steroid dienone is 5. The summed E-state index contributed by atoms with van der Waals surface area (Å²) in [6, 6.07) is 17.3. The second kappa shape index (κ2) is 4.35. The van der Waals surface area contributed by atoms with E-state index in [0.29, 0.717) is 0 Å². The van der Waals surface area contributed by atoms with Crippen LogP contribution in [-0.4, -0.2) is 0 Å². The molecule has 2 aliphatic carbocycles. The molecular formula is C20H15. The quantitative estimate of drug-likeness (QED) is 0.527. The van der Waals surface area contributed by atoms with Crippen LogP contribution < -0.4 is 0 Å². The van der Waals surface area contributed by atoms with Crippen molar-refractivity contribution in [2.45, 2.75) is 0 Å². The normalized spacial score (nSPS) is 19.1. The molecular weight excluding hydrogens is 240 g/mol. The van der Waals surface area contributed by atoms with Gasteiger partial charge in [-0.2, -0.15) is 0 Å². The van der Waals surface area contributed by atoms with Crippen LogP contribution in [0, 0.1) is 12.8 Å². The van der Waals surface area contributed by atoms with Crippen molar-refractivity contribution in [3.8, 4) is 11.1 Å². The summed E-state index contributed by atoms with van der Waals surface area (Å²) in [5.41, 5.74) is 7.97. The first kappa shape index (κ1) is 11.5. The molecule has 2 aromatic rings. The summed E-state index contributed by atoms with van der Waals surface area (Å²) < 4.78 is 0. The maximum absolute atomic E-state index is 4.05. The fourth-order valence-electron chi connectivity index (χ4n) is 3.07. The van der Waals surface area contributed by atoms with Gasteiger partial charge < -0.3 is 0 Å². The number of benzene rings is 2. The Labute approximate surface area is 119 Å². The minimum absolute atomic E-state index is 0.284. The molecule has 0 atom stereocenters. The Kier molecular flexibility index (Phi) is 2.50. The summed E-state index contributed by atoms with van der Waals surface area (Å²) in [7, 11) is 0. The lowest BCUT2D eigenvalue weighted by Crippen LogP contribution is -1.93. The van der Waals surface area contributed by atoms with Gasteiger partial charge in [-0.3, -0.25) is 0 Å². The molecule has 1 radical (unpaired) electrons. The van der Waals surface area contributed by atoms with E-state index >= 15 is 0 Å². The van der Waals surface area contributed by atoms with Gasteiger partial charge in [-0.1, -0.05) is 72.8 Å². The lowest BCUT2D eigenvalue weighted by Gasteiger charge is -2.11. The van der Waals surface area contributed by atoms with Gasteiger partial charge in [-0.05, 0) is 46.2 Å². The zero-order chi connectivity index (χ0) is 13.5. The van der Waals surface area contributed by atoms with Crippen LogP contribution in [-0.2, 0) is 0 Å². The van der Waals surface area contributed by atoms with Crippen LogP contribution in [0.2, 0.25) is 0 Å². The van der Waals surface area contributed by atoms with Crippen molar-refractivity contribution in [1.29, 1.82) is 0 Å². The summed E-state index contributed by atoms with van der Waals surface area (Å²) >= 11 is 0. The first-order valence-electron chi connectivity index (χ1n) is 6.97. The molecule has 95 valence electrons. The summed E-state index contributed by atoms with van der Waals surface area (Å²) in [6.45, 7) is 4.05. The van der Waals surface area contributed by atoms with Crippen molar-refractivity contribution in [2.75, 3.05) is 0 Å². The molecule has 0 unspecified atom stereocenters. The van der Waals surface area contributed by atoms with Gasteiger partial charge >= 0.3 is 0 Å². The zero-order valence-corrected chi connectivity index (χ0v) is 11.2. The van der Waals surface area contributed by atoms with Crippen LogP contribution in [0.25, 0.3) is 16.7 Å². The standard InChI is InChI=1S/C20H15/c1-14-10-12-15(13-11-14)20-18-8-4-2-6-16(18)17-7-3-5-9-19(17)20/h2-14H,1H2. The molecule has 0 heterocycles. The average molecular weight is 255 g/mol. The van der Waals surface area contributed by atoms with E-state index in [4.69, 9.17) is 0 Å². The number of fused-ring (bicyclic) bond motifs is 3. The lowest BCUT2D eigenvalue weighted by molar-refractivity contribution is 1.05. The van der Waals surface area contributed by atoms with E-state index < -0.39 is 0 Å². The van der Waals surface area contributed by atoms with Crippen molar-refractivity contribution >= 4 is 5.57 Å². The highest BCUT2D eigenvalue weighted by Gasteiger charge is 2.24. The maximum atomic E-state index is 4.05. The van der Waals surface area contributed by atoms with E-state index in [1.54, 1.807) is 0 Å². The first-order chi connectivity index (χ1) is 9.84. The topological polar surface area (TPSA) is 0 Å². The van der Waals surface area contributed by atoms with Crippen LogP contribution in [0.5, 0.6) is 0 Å². The van der Waals surface area contributed by atoms with Gasteiger partial charge in [0.25, 0.3) is 0 Å². The fraction of sp³-hybridized carbons (Fsp3) is 0.0500. The highest BCUT2D eigenvalue weighted by Crippen LogP contribution is 2.46. The van der Waals surface area contributed by atoms with Crippen LogP contribution in [0.1, 0.15) is 11.1 Å². The van der Waals surface area contributed by atoms with Gasteiger partial charge in [0.05, 0.1) is 0 Å². The van der Waals surface area contributed by atoms with E-state index in [1.807, 2.05) is 0 Å². The van der Waals surface area contributed by atoms with Crippen molar-refractivity contribution in [2.24, 2.45) is 5.92 Å². The molecule has 0 amide bonds. The average Bonchev–Trinajstić information content (AvgIpc) is 2.83. The molecule has 0 aliphatic heterocycles. The second-order valence-corrected chi connectivity index (χ2v) is 5.30. The van der Waals surface area contributed by atoms with Gasteiger partial charge in [-0.25, -0.2) is 0 Å². The minimum Gasteiger partial charge on any atom is -0.0770 e. The minimum atomic E-state index is 0.284. The largest absolute Gasteiger partial charge is 0.0770 e. The Balaban J connectivity index is 2.04. The van der Waals surface area contributed by atoms with Gasteiger partial charge in [0.1, 0.15) is 0 Å². The third-order valence-corrected chi connectivity index (χ3v) is 4.02. The number of hydrogen-bond donors (Lipinski definition) is 0. The molecule has 0 heteroatoms. The van der Waals surface area contributed by atoms with Crippen LogP contribution >= 0.6 is 0 Å². The molecule has 0 bridgehead atoms. The Hall–Kier alpha value is -2.34. The van der Waals surface area contributed by atoms with Crippen molar-refractivity contribution in [1.82, 2.24) is 0 Å². The maximum Gasteiger partial charge on any atom is -0.00266 e. The van der Waals surface area contributed by atoms with Crippen LogP contribution in [0.3, 0.4) is 0 Å². The third kappa shape index (κ3) is 1.61.